The standard InChI is InChI=1S/C13H9.C12H11Si.2C9H7.2C2H6O.Hf/c1-3-7-12-10(5-1)9-11-6-2-4-8-13(11)12;1-3-7-11(8-4-1)13-12-9-5-2-6-10-12;2*1-2-5-9-7-3-6-8(9)4-1;2*1-2-3;/h1-9H;1-10,13H;2*1-7H;2*3H,2H2,1H3;/q-1;;2*-1;;;. The van der Waals surface area contributed by atoms with Crippen molar-refractivity contribution in [3.05, 3.63) is 200 Å². The zero-order valence-electron chi connectivity index (χ0n) is 29.4. The molecule has 9 rings (SSSR count). The third kappa shape index (κ3) is 13.6. The summed E-state index contributed by atoms with van der Waals surface area (Å²) in [6, 6.07) is 69.9. The SMILES string of the molecule is CCO.CCO.[Hf].c1ccc([SiH]c2ccccc2)cc1.c1ccc2[cH-]ccc2c1.c1ccc2[cH-]ccc2c1.c1ccc2c(c1)[cH-]c1ccccc12. The number of aliphatic hydroxyl groups is 2. The van der Waals surface area contributed by atoms with Gasteiger partial charge in [0.2, 0.25) is 0 Å². The van der Waals surface area contributed by atoms with Crippen LogP contribution >= 0.6 is 0 Å². The molecule has 9 aromatic carbocycles. The van der Waals surface area contributed by atoms with Crippen molar-refractivity contribution in [3.63, 3.8) is 0 Å². The van der Waals surface area contributed by atoms with E-state index in [0.29, 0.717) is 0 Å². The van der Waals surface area contributed by atoms with Crippen LogP contribution in [-0.2, 0) is 25.8 Å². The Morgan fingerprint density at radius 3 is 1.10 bits per heavy atom. The Labute approximate surface area is 324 Å². The molecule has 0 spiro atoms. The average Bonchev–Trinajstić information content (AvgIpc) is 3.93. The third-order valence-electron chi connectivity index (χ3n) is 7.55. The maximum atomic E-state index is 7.57. The molecule has 0 saturated carbocycles. The topological polar surface area (TPSA) is 40.5 Å². The predicted molar refractivity (Wildman–Crippen MR) is 221 cm³/mol. The molecule has 0 aliphatic carbocycles. The Morgan fingerprint density at radius 1 is 0.412 bits per heavy atom. The van der Waals surface area contributed by atoms with Crippen molar-refractivity contribution in [2.75, 3.05) is 13.2 Å². The Bertz CT molecular complexity index is 1980. The van der Waals surface area contributed by atoms with E-state index in [9.17, 15) is 0 Å². The molecule has 51 heavy (non-hydrogen) atoms. The van der Waals surface area contributed by atoms with E-state index >= 15 is 0 Å². The average molecular weight is 849 g/mol. The van der Waals surface area contributed by atoms with E-state index in [-0.39, 0.29) is 48.6 Å². The molecule has 0 fully saturated rings. The first-order valence-corrected chi connectivity index (χ1v) is 18.2. The van der Waals surface area contributed by atoms with Gasteiger partial charge in [0.1, 0.15) is 9.52 Å². The van der Waals surface area contributed by atoms with Crippen molar-refractivity contribution in [1.82, 2.24) is 0 Å². The van der Waals surface area contributed by atoms with Crippen LogP contribution in [0.25, 0.3) is 43.1 Å². The molecule has 2 nitrogen and oxygen atoms in total. The van der Waals surface area contributed by atoms with Gasteiger partial charge in [-0.25, -0.2) is 0 Å². The first kappa shape index (κ1) is 40.8. The monoisotopic (exact) mass is 850 g/mol. The van der Waals surface area contributed by atoms with Gasteiger partial charge in [0.05, 0.1) is 0 Å². The normalized spacial score (nSPS) is 9.65. The summed E-state index contributed by atoms with van der Waals surface area (Å²) < 4.78 is 0. The largest absolute Gasteiger partial charge is 0.397 e. The van der Waals surface area contributed by atoms with Gasteiger partial charge in [-0.2, -0.15) is 35.0 Å². The zero-order chi connectivity index (χ0) is 35.2. The fraction of sp³-hybridized carbons (Fsp3) is 0.0851. The Morgan fingerprint density at radius 2 is 0.725 bits per heavy atom. The maximum absolute atomic E-state index is 7.57. The summed E-state index contributed by atoms with van der Waals surface area (Å²) in [6.07, 6.45) is 0. The van der Waals surface area contributed by atoms with Crippen LogP contribution in [-0.4, -0.2) is 32.9 Å². The van der Waals surface area contributed by atoms with Crippen LogP contribution in [0.2, 0.25) is 0 Å². The Hall–Kier alpha value is -4.58. The molecule has 0 aliphatic heterocycles. The van der Waals surface area contributed by atoms with Crippen LogP contribution in [0.1, 0.15) is 13.8 Å². The molecule has 9 aromatic rings. The molecule has 0 amide bonds. The number of benzene rings is 6. The van der Waals surface area contributed by atoms with Crippen LogP contribution in [0.5, 0.6) is 0 Å². The van der Waals surface area contributed by atoms with Gasteiger partial charge in [-0.05, 0) is 13.8 Å². The summed E-state index contributed by atoms with van der Waals surface area (Å²) in [7, 11) is 0.271. The fourth-order valence-corrected chi connectivity index (χ4v) is 6.55. The second kappa shape index (κ2) is 23.8. The Kier molecular flexibility index (Phi) is 19.0. The van der Waals surface area contributed by atoms with Gasteiger partial charge in [-0.3, -0.25) is 0 Å². The van der Waals surface area contributed by atoms with Crippen molar-refractivity contribution in [2.45, 2.75) is 13.8 Å². The quantitative estimate of drug-likeness (QED) is 0.134. The molecule has 0 aliphatic rings. The number of hydrogen-bond acceptors (Lipinski definition) is 2. The number of rotatable bonds is 2. The van der Waals surface area contributed by atoms with E-state index in [1.165, 1.54) is 53.5 Å². The van der Waals surface area contributed by atoms with E-state index < -0.39 is 0 Å². The molecular formula is C47H46HfO2Si-3. The summed E-state index contributed by atoms with van der Waals surface area (Å²) >= 11 is 0. The second-order valence-corrected chi connectivity index (χ2v) is 12.8. The van der Waals surface area contributed by atoms with Gasteiger partial charge in [-0.1, -0.05) is 120 Å². The maximum Gasteiger partial charge on any atom is 0.103 e. The van der Waals surface area contributed by atoms with Crippen molar-refractivity contribution in [3.8, 4) is 0 Å². The number of aliphatic hydroxyl groups excluding tert-OH is 2. The first-order chi connectivity index (χ1) is 24.7. The van der Waals surface area contributed by atoms with Gasteiger partial charge in [0.25, 0.3) is 0 Å². The predicted octanol–water partition coefficient (Wildman–Crippen LogP) is 9.90. The van der Waals surface area contributed by atoms with Crippen LogP contribution < -0.4 is 10.4 Å². The van der Waals surface area contributed by atoms with Gasteiger partial charge < -0.3 is 10.2 Å². The van der Waals surface area contributed by atoms with Gasteiger partial charge >= 0.3 is 0 Å². The fourth-order valence-electron chi connectivity index (χ4n) is 5.33. The van der Waals surface area contributed by atoms with E-state index in [1.807, 2.05) is 0 Å². The summed E-state index contributed by atoms with van der Waals surface area (Å²) in [5.74, 6) is 0. The first-order valence-electron chi connectivity index (χ1n) is 17.1. The minimum Gasteiger partial charge on any atom is -0.397 e. The molecular weight excluding hydrogens is 803 g/mol. The minimum absolute atomic E-state index is 0. The smallest absolute Gasteiger partial charge is 0.103 e. The second-order valence-electron chi connectivity index (χ2n) is 11.2. The van der Waals surface area contributed by atoms with Gasteiger partial charge in [0.15, 0.2) is 0 Å². The van der Waals surface area contributed by atoms with Gasteiger partial charge in [0, 0.05) is 39.1 Å². The van der Waals surface area contributed by atoms with Crippen LogP contribution in [0.4, 0.5) is 0 Å². The molecule has 0 saturated heterocycles. The van der Waals surface area contributed by atoms with Crippen LogP contribution in [0.15, 0.2) is 200 Å². The zero-order valence-corrected chi connectivity index (χ0v) is 34.2. The summed E-state index contributed by atoms with van der Waals surface area (Å²) in [6.45, 7) is 3.86. The van der Waals surface area contributed by atoms with Crippen molar-refractivity contribution in [1.29, 1.82) is 0 Å². The minimum atomic E-state index is 0. The molecule has 0 unspecified atom stereocenters. The van der Waals surface area contributed by atoms with E-state index in [1.54, 1.807) is 13.8 Å². The van der Waals surface area contributed by atoms with E-state index in [0.717, 1.165) is 0 Å². The molecule has 0 aromatic heterocycles. The van der Waals surface area contributed by atoms with Crippen molar-refractivity contribution >= 4 is 63.0 Å². The molecule has 1 radical (unpaired) electrons. The molecule has 0 bridgehead atoms. The number of hydrogen-bond donors (Lipinski definition) is 2. The van der Waals surface area contributed by atoms with Crippen molar-refractivity contribution < 1.29 is 36.1 Å². The van der Waals surface area contributed by atoms with Crippen LogP contribution in [0, 0.1) is 0 Å². The van der Waals surface area contributed by atoms with Crippen molar-refractivity contribution in [2.24, 2.45) is 0 Å². The molecule has 4 heteroatoms. The third-order valence-corrected chi connectivity index (χ3v) is 8.99. The summed E-state index contributed by atoms with van der Waals surface area (Å²) in [4.78, 5) is 0. The number of fused-ring (bicyclic) bond motifs is 5. The van der Waals surface area contributed by atoms with Gasteiger partial charge in [-0.15, -0.1) is 99.0 Å². The molecule has 0 atom stereocenters. The van der Waals surface area contributed by atoms with E-state index in [2.05, 4.69) is 200 Å². The molecule has 257 valence electrons. The van der Waals surface area contributed by atoms with E-state index in [4.69, 9.17) is 10.2 Å². The van der Waals surface area contributed by atoms with Crippen LogP contribution in [0.3, 0.4) is 0 Å². The molecule has 2 N–H and O–H groups in total. The Balaban J connectivity index is 0.000000175. The molecule has 0 heterocycles. The summed E-state index contributed by atoms with van der Waals surface area (Å²) in [5.41, 5.74) is 0. The summed E-state index contributed by atoms with van der Waals surface area (Å²) in [5, 5.41) is 28.8.